The Labute approximate surface area is 103 Å². The third kappa shape index (κ3) is 2.66. The molecule has 18 heavy (non-hydrogen) atoms. The van der Waals surface area contributed by atoms with Gasteiger partial charge in [-0.05, 0) is 18.1 Å². The van der Waals surface area contributed by atoms with Crippen LogP contribution in [0, 0.1) is 0 Å². The average Bonchev–Trinajstić information content (AvgIpc) is 3.07. The maximum Gasteiger partial charge on any atom is 0.416 e. The van der Waals surface area contributed by atoms with Gasteiger partial charge in [0.1, 0.15) is 0 Å². The maximum absolute atomic E-state index is 12.8. The quantitative estimate of drug-likeness (QED) is 0.885. The fraction of sp³-hybridized carbons (Fsp3) is 0.462. The number of carbonyl (C=O) groups excluding carboxylic acids is 1. The van der Waals surface area contributed by atoms with Crippen molar-refractivity contribution in [3.8, 4) is 0 Å². The minimum absolute atomic E-state index is 0.119. The van der Waals surface area contributed by atoms with Crippen LogP contribution < -0.4 is 5.32 Å². The summed E-state index contributed by atoms with van der Waals surface area (Å²) >= 11 is 0. The summed E-state index contributed by atoms with van der Waals surface area (Å²) in [5.74, 6) is -0.328. The monoisotopic (exact) mass is 257 g/mol. The minimum Gasteiger partial charge on any atom is -0.353 e. The zero-order chi connectivity index (χ0) is 13.3. The second-order valence-electron chi connectivity index (χ2n) is 4.45. The van der Waals surface area contributed by atoms with Crippen LogP contribution in [0.25, 0.3) is 0 Å². The van der Waals surface area contributed by atoms with E-state index in [1.54, 1.807) is 13.0 Å². The van der Waals surface area contributed by atoms with Crippen molar-refractivity contribution in [3.05, 3.63) is 35.4 Å². The first-order valence-electron chi connectivity index (χ1n) is 5.89. The van der Waals surface area contributed by atoms with E-state index in [0.29, 0.717) is 12.8 Å². The first-order chi connectivity index (χ1) is 8.43. The summed E-state index contributed by atoms with van der Waals surface area (Å²) in [6.07, 6.45) is -3.40. The number of amides is 1. The molecule has 0 radical (unpaired) electrons. The van der Waals surface area contributed by atoms with Crippen LogP contribution in [0.1, 0.15) is 36.8 Å². The average molecular weight is 257 g/mol. The molecule has 2 nitrogen and oxygen atoms in total. The molecule has 0 heterocycles. The van der Waals surface area contributed by atoms with Crippen LogP contribution in [-0.2, 0) is 11.0 Å². The first kappa shape index (κ1) is 12.9. The van der Waals surface area contributed by atoms with Crippen LogP contribution in [0.4, 0.5) is 13.2 Å². The van der Waals surface area contributed by atoms with Crippen molar-refractivity contribution in [3.63, 3.8) is 0 Å². The number of alkyl halides is 3. The van der Waals surface area contributed by atoms with Crippen LogP contribution >= 0.6 is 0 Å². The highest BCUT2D eigenvalue weighted by Crippen LogP contribution is 2.46. The number of hydrogen-bond donors (Lipinski definition) is 1. The molecule has 1 aliphatic carbocycles. The Morgan fingerprint density at radius 1 is 1.39 bits per heavy atom. The Morgan fingerprint density at radius 2 is 2.06 bits per heavy atom. The molecule has 1 aliphatic rings. The second kappa shape index (κ2) is 4.63. The van der Waals surface area contributed by atoms with E-state index >= 15 is 0 Å². The molecular formula is C13H14F3NO. The van der Waals surface area contributed by atoms with Gasteiger partial charge in [0.15, 0.2) is 0 Å². The second-order valence-corrected chi connectivity index (χ2v) is 4.45. The summed E-state index contributed by atoms with van der Waals surface area (Å²) in [5, 5.41) is 2.72. The molecule has 0 aromatic heterocycles. The summed E-state index contributed by atoms with van der Waals surface area (Å²) in [7, 11) is 0. The third-order valence-electron chi connectivity index (χ3n) is 3.12. The molecule has 0 saturated heterocycles. The van der Waals surface area contributed by atoms with Crippen LogP contribution in [0.5, 0.6) is 0 Å². The molecule has 1 aromatic rings. The molecule has 2 rings (SSSR count). The Bertz CT molecular complexity index is 456. The van der Waals surface area contributed by atoms with Gasteiger partial charge in [-0.1, -0.05) is 25.1 Å². The molecule has 0 bridgehead atoms. The summed E-state index contributed by atoms with van der Waals surface area (Å²) in [4.78, 5) is 11.2. The molecule has 1 amide bonds. The van der Waals surface area contributed by atoms with Crippen molar-refractivity contribution in [2.45, 2.75) is 37.9 Å². The minimum atomic E-state index is -4.33. The summed E-state index contributed by atoms with van der Waals surface area (Å²) in [6.45, 7) is 1.72. The zero-order valence-electron chi connectivity index (χ0n) is 9.92. The zero-order valence-corrected chi connectivity index (χ0v) is 9.92. The van der Waals surface area contributed by atoms with E-state index in [2.05, 4.69) is 5.32 Å². The molecule has 1 saturated carbocycles. The van der Waals surface area contributed by atoms with Gasteiger partial charge in [-0.2, -0.15) is 13.2 Å². The first-order valence-corrected chi connectivity index (χ1v) is 5.89. The summed E-state index contributed by atoms with van der Waals surface area (Å²) in [6, 6.07) is 5.41. The van der Waals surface area contributed by atoms with Gasteiger partial charge in [0.25, 0.3) is 0 Å². The molecule has 0 spiro atoms. The number of nitrogens with one attached hydrogen (secondary N) is 1. The van der Waals surface area contributed by atoms with Crippen molar-refractivity contribution < 1.29 is 18.0 Å². The largest absolute Gasteiger partial charge is 0.416 e. The number of rotatable bonds is 3. The smallest absolute Gasteiger partial charge is 0.353 e. The van der Waals surface area contributed by atoms with Crippen molar-refractivity contribution >= 4 is 5.91 Å². The van der Waals surface area contributed by atoms with Gasteiger partial charge in [0, 0.05) is 18.4 Å². The maximum atomic E-state index is 12.8. The SMILES string of the molecule is CCC(=O)N[C@H]1C[C@@H]1c1ccccc1C(F)(F)F. The third-order valence-corrected chi connectivity index (χ3v) is 3.12. The van der Waals surface area contributed by atoms with Gasteiger partial charge in [0.05, 0.1) is 5.56 Å². The van der Waals surface area contributed by atoms with E-state index in [0.717, 1.165) is 6.07 Å². The van der Waals surface area contributed by atoms with E-state index in [4.69, 9.17) is 0 Å². The number of carbonyl (C=O) groups is 1. The molecule has 0 aliphatic heterocycles. The highest BCUT2D eigenvalue weighted by molar-refractivity contribution is 5.76. The Balaban J connectivity index is 2.14. The van der Waals surface area contributed by atoms with Gasteiger partial charge >= 0.3 is 6.18 Å². The lowest BCUT2D eigenvalue weighted by molar-refractivity contribution is -0.138. The van der Waals surface area contributed by atoms with Gasteiger partial charge in [0.2, 0.25) is 5.91 Å². The van der Waals surface area contributed by atoms with Crippen molar-refractivity contribution in [1.82, 2.24) is 5.32 Å². The highest BCUT2D eigenvalue weighted by Gasteiger charge is 2.44. The molecule has 2 atom stereocenters. The van der Waals surface area contributed by atoms with Gasteiger partial charge in [-0.25, -0.2) is 0 Å². The van der Waals surface area contributed by atoms with Crippen molar-refractivity contribution in [1.29, 1.82) is 0 Å². The lowest BCUT2D eigenvalue weighted by atomic mass is 10.0. The van der Waals surface area contributed by atoms with Crippen molar-refractivity contribution in [2.24, 2.45) is 0 Å². The van der Waals surface area contributed by atoms with Crippen molar-refractivity contribution in [2.75, 3.05) is 0 Å². The highest BCUT2D eigenvalue weighted by atomic mass is 19.4. The standard InChI is InChI=1S/C13H14F3NO/c1-2-12(18)17-11-7-9(11)8-5-3-4-6-10(8)13(14,15)16/h3-6,9,11H,2,7H2,1H3,(H,17,18)/t9-,11+/m1/s1. The predicted molar refractivity (Wildman–Crippen MR) is 61.0 cm³/mol. The van der Waals surface area contributed by atoms with Crippen LogP contribution in [-0.4, -0.2) is 11.9 Å². The molecule has 1 fully saturated rings. The Morgan fingerprint density at radius 3 is 2.67 bits per heavy atom. The fourth-order valence-electron chi connectivity index (χ4n) is 2.09. The molecule has 0 unspecified atom stereocenters. The van der Waals surface area contributed by atoms with Crippen LogP contribution in [0.2, 0.25) is 0 Å². The molecule has 98 valence electrons. The van der Waals surface area contributed by atoms with E-state index in [1.807, 2.05) is 0 Å². The summed E-state index contributed by atoms with van der Waals surface area (Å²) in [5.41, 5.74) is -0.311. The molecule has 1 aromatic carbocycles. The lowest BCUT2D eigenvalue weighted by Crippen LogP contribution is -2.25. The van der Waals surface area contributed by atoms with Crippen LogP contribution in [0.3, 0.4) is 0 Å². The predicted octanol–water partition coefficient (Wildman–Crippen LogP) is 3.09. The van der Waals surface area contributed by atoms with E-state index < -0.39 is 11.7 Å². The van der Waals surface area contributed by atoms with E-state index in [1.165, 1.54) is 12.1 Å². The topological polar surface area (TPSA) is 29.1 Å². The normalized spacial score (nSPS) is 22.7. The number of halogens is 3. The Hall–Kier alpha value is -1.52. The van der Waals surface area contributed by atoms with E-state index in [9.17, 15) is 18.0 Å². The van der Waals surface area contributed by atoms with E-state index in [-0.39, 0.29) is 23.4 Å². The Kier molecular flexibility index (Phi) is 3.32. The summed E-state index contributed by atoms with van der Waals surface area (Å²) < 4.78 is 38.4. The molecule has 1 N–H and O–H groups in total. The lowest BCUT2D eigenvalue weighted by Gasteiger charge is -2.12. The number of hydrogen-bond acceptors (Lipinski definition) is 1. The van der Waals surface area contributed by atoms with Crippen LogP contribution in [0.15, 0.2) is 24.3 Å². The van der Waals surface area contributed by atoms with Gasteiger partial charge in [-0.15, -0.1) is 0 Å². The van der Waals surface area contributed by atoms with Gasteiger partial charge < -0.3 is 5.32 Å². The fourth-order valence-corrected chi connectivity index (χ4v) is 2.09. The molecule has 5 heteroatoms. The number of benzene rings is 1. The van der Waals surface area contributed by atoms with Gasteiger partial charge in [-0.3, -0.25) is 4.79 Å². The molecular weight excluding hydrogens is 243 g/mol.